The molecule has 1 N–H and O–H groups in total. The first-order valence-corrected chi connectivity index (χ1v) is 9.99. The number of hydrogen-bond donors (Lipinski definition) is 1. The van der Waals surface area contributed by atoms with Crippen LogP contribution < -0.4 is 5.32 Å². The van der Waals surface area contributed by atoms with Gasteiger partial charge in [0.1, 0.15) is 0 Å². The minimum absolute atomic E-state index is 0.0823. The summed E-state index contributed by atoms with van der Waals surface area (Å²) in [7, 11) is -3.57. The smallest absolute Gasteiger partial charge is 0.259 e. The fraction of sp³-hybridized carbons (Fsp3) is 0.118. The number of benzene rings is 1. The molecule has 0 fully saturated rings. The van der Waals surface area contributed by atoms with E-state index in [9.17, 15) is 13.2 Å². The van der Waals surface area contributed by atoms with E-state index in [1.807, 2.05) is 0 Å². The van der Waals surface area contributed by atoms with E-state index in [1.165, 1.54) is 6.08 Å². The fourth-order valence-corrected chi connectivity index (χ4v) is 4.05. The van der Waals surface area contributed by atoms with Gasteiger partial charge in [-0.3, -0.25) is 4.79 Å². The van der Waals surface area contributed by atoms with Crippen LogP contribution in [0.3, 0.4) is 0 Å². The van der Waals surface area contributed by atoms with Crippen LogP contribution in [0.4, 0.5) is 5.69 Å². The zero-order chi connectivity index (χ0) is 19.0. The van der Waals surface area contributed by atoms with Crippen molar-refractivity contribution in [2.75, 3.05) is 17.6 Å². The van der Waals surface area contributed by atoms with Crippen molar-refractivity contribution in [1.29, 1.82) is 0 Å². The van der Waals surface area contributed by atoms with Gasteiger partial charge in [-0.15, -0.1) is 4.40 Å². The first kappa shape index (κ1) is 17.5. The molecule has 27 heavy (non-hydrogen) atoms. The molecule has 0 spiro atoms. The highest BCUT2D eigenvalue weighted by atomic mass is 35.5. The summed E-state index contributed by atoms with van der Waals surface area (Å²) in [5.41, 5.74) is 1.38. The number of imidazole rings is 1. The van der Waals surface area contributed by atoms with Gasteiger partial charge < -0.3 is 14.8 Å². The molecule has 0 radical (unpaired) electrons. The summed E-state index contributed by atoms with van der Waals surface area (Å²) in [6.07, 6.45) is 9.93. The Balaban J connectivity index is 1.59. The summed E-state index contributed by atoms with van der Waals surface area (Å²) >= 11 is 6.30. The van der Waals surface area contributed by atoms with Gasteiger partial charge >= 0.3 is 0 Å². The van der Waals surface area contributed by atoms with Gasteiger partial charge in [0.2, 0.25) is 0 Å². The Labute approximate surface area is 160 Å². The van der Waals surface area contributed by atoms with Crippen molar-refractivity contribution < 1.29 is 13.2 Å². The van der Waals surface area contributed by atoms with Gasteiger partial charge in [0.15, 0.2) is 5.84 Å². The third-order valence-corrected chi connectivity index (χ3v) is 5.54. The molecule has 1 aromatic carbocycles. The number of carbonyl (C=O) groups is 1. The van der Waals surface area contributed by atoms with E-state index >= 15 is 0 Å². The predicted molar refractivity (Wildman–Crippen MR) is 102 cm³/mol. The largest absolute Gasteiger partial charge is 0.331 e. The van der Waals surface area contributed by atoms with Crippen LogP contribution in [0.15, 0.2) is 65.2 Å². The Morgan fingerprint density at radius 2 is 2.15 bits per heavy atom. The fourth-order valence-electron chi connectivity index (χ4n) is 2.79. The van der Waals surface area contributed by atoms with Crippen molar-refractivity contribution in [2.24, 2.45) is 4.40 Å². The number of carbonyl (C=O) groups excluding carboxylic acids is 1. The Kier molecular flexibility index (Phi) is 4.33. The second kappa shape index (κ2) is 6.67. The van der Waals surface area contributed by atoms with Gasteiger partial charge in [0, 0.05) is 30.8 Å². The summed E-state index contributed by atoms with van der Waals surface area (Å²) in [5.74, 6) is -0.421. The maximum absolute atomic E-state index is 12.7. The average Bonchev–Trinajstić information content (AvgIpc) is 3.15. The number of nitrogens with zero attached hydrogens (tertiary/aromatic N) is 4. The molecule has 0 bridgehead atoms. The molecule has 2 aromatic rings. The summed E-state index contributed by atoms with van der Waals surface area (Å²) in [4.78, 5) is 18.3. The molecule has 10 heteroatoms. The Morgan fingerprint density at radius 3 is 2.89 bits per heavy atom. The van der Waals surface area contributed by atoms with Crippen LogP contribution in [-0.4, -0.2) is 46.9 Å². The highest BCUT2D eigenvalue weighted by molar-refractivity contribution is 7.90. The van der Waals surface area contributed by atoms with Gasteiger partial charge in [-0.2, -0.15) is 0 Å². The minimum atomic E-state index is -3.57. The summed E-state index contributed by atoms with van der Waals surface area (Å²) in [6.45, 7) is 0.258. The molecule has 0 saturated heterocycles. The molecule has 2 aliphatic heterocycles. The molecule has 1 aromatic heterocycles. The molecule has 0 aliphatic carbocycles. The molecule has 3 heterocycles. The van der Waals surface area contributed by atoms with Crippen LogP contribution in [0.1, 0.15) is 0 Å². The zero-order valence-corrected chi connectivity index (χ0v) is 15.5. The van der Waals surface area contributed by atoms with Crippen LogP contribution in [-0.2, 0) is 14.8 Å². The predicted octanol–water partition coefficient (Wildman–Crippen LogP) is 1.96. The Hall–Kier alpha value is -2.91. The van der Waals surface area contributed by atoms with E-state index in [4.69, 9.17) is 11.6 Å². The van der Waals surface area contributed by atoms with Crippen LogP contribution in [0.2, 0.25) is 5.02 Å². The number of anilines is 1. The maximum Gasteiger partial charge on any atom is 0.259 e. The lowest BCUT2D eigenvalue weighted by molar-refractivity contribution is -0.112. The number of halogens is 1. The number of allylic oxidation sites excluding steroid dienone is 2. The normalized spacial score (nSPS) is 17.7. The van der Waals surface area contributed by atoms with Gasteiger partial charge in [-0.1, -0.05) is 11.6 Å². The first-order valence-electron chi connectivity index (χ1n) is 8.00. The van der Waals surface area contributed by atoms with Crippen LogP contribution in [0.25, 0.3) is 5.69 Å². The first-order chi connectivity index (χ1) is 12.9. The van der Waals surface area contributed by atoms with Gasteiger partial charge in [0.05, 0.1) is 28.4 Å². The zero-order valence-electron chi connectivity index (χ0n) is 13.9. The quantitative estimate of drug-likeness (QED) is 0.845. The monoisotopic (exact) mass is 403 g/mol. The van der Waals surface area contributed by atoms with E-state index in [2.05, 4.69) is 14.7 Å². The number of rotatable bonds is 3. The van der Waals surface area contributed by atoms with Crippen molar-refractivity contribution in [1.82, 2.24) is 14.5 Å². The number of nitrogens with one attached hydrogen (secondary N) is 1. The van der Waals surface area contributed by atoms with Crippen LogP contribution in [0.5, 0.6) is 0 Å². The van der Waals surface area contributed by atoms with Crippen LogP contribution >= 0.6 is 11.6 Å². The third kappa shape index (κ3) is 3.51. The average molecular weight is 404 g/mol. The van der Waals surface area contributed by atoms with E-state index in [1.54, 1.807) is 58.7 Å². The lowest BCUT2D eigenvalue weighted by atomic mass is 10.1. The second-order valence-electron chi connectivity index (χ2n) is 5.91. The molecule has 0 unspecified atom stereocenters. The lowest BCUT2D eigenvalue weighted by Crippen LogP contribution is -2.40. The second-order valence-corrected chi connectivity index (χ2v) is 8.07. The maximum atomic E-state index is 12.7. The number of sulfonamides is 1. The molecule has 4 rings (SSSR count). The highest BCUT2D eigenvalue weighted by Gasteiger charge is 2.30. The van der Waals surface area contributed by atoms with Gasteiger partial charge in [-0.05, 0) is 30.4 Å². The molecule has 2 aliphatic rings. The number of hydrogen-bond acceptors (Lipinski definition) is 5. The topological polar surface area (TPSA) is 96.7 Å². The minimum Gasteiger partial charge on any atom is -0.331 e. The summed E-state index contributed by atoms with van der Waals surface area (Å²) < 4.78 is 29.1. The summed E-state index contributed by atoms with van der Waals surface area (Å²) in [6, 6.07) is 5.07. The standard InChI is InChI=1S/C17H14ClN5O3S/c18-14-10-12(3-4-15(14)23-7-5-19-11-23)20-17(24)13-2-1-6-22-8-9-27(25,26)21-16(13)22/h1-7,10-11H,8-9H2,(H,20,24). The Bertz CT molecular complexity index is 1100. The van der Waals surface area contributed by atoms with E-state index in [0.29, 0.717) is 10.7 Å². The third-order valence-electron chi connectivity index (χ3n) is 4.09. The van der Waals surface area contributed by atoms with Crippen molar-refractivity contribution in [3.05, 3.63) is 65.9 Å². The van der Waals surface area contributed by atoms with E-state index in [0.717, 1.165) is 5.69 Å². The van der Waals surface area contributed by atoms with Crippen LogP contribution in [0, 0.1) is 0 Å². The van der Waals surface area contributed by atoms with Crippen molar-refractivity contribution in [3.63, 3.8) is 0 Å². The highest BCUT2D eigenvalue weighted by Crippen LogP contribution is 2.25. The summed E-state index contributed by atoms with van der Waals surface area (Å²) in [5, 5.41) is 3.17. The molecule has 1 amide bonds. The molecular formula is C17H14ClN5O3S. The van der Waals surface area contributed by atoms with E-state index in [-0.39, 0.29) is 23.7 Å². The van der Waals surface area contributed by atoms with Crippen molar-refractivity contribution >= 4 is 39.1 Å². The molecule has 8 nitrogen and oxygen atoms in total. The SMILES string of the molecule is O=C(Nc1ccc(-n2ccnc2)c(Cl)c1)C1=CC=CN2CCS(=O)(=O)N=C12. The van der Waals surface area contributed by atoms with Crippen molar-refractivity contribution in [3.8, 4) is 5.69 Å². The molecule has 0 atom stereocenters. The lowest BCUT2D eigenvalue weighted by Gasteiger charge is -2.28. The van der Waals surface area contributed by atoms with E-state index < -0.39 is 15.9 Å². The Morgan fingerprint density at radius 1 is 1.30 bits per heavy atom. The number of amides is 1. The number of aromatic nitrogens is 2. The van der Waals surface area contributed by atoms with Gasteiger partial charge in [-0.25, -0.2) is 13.4 Å². The molecule has 138 valence electrons. The number of amidine groups is 1. The molecular weight excluding hydrogens is 390 g/mol. The van der Waals surface area contributed by atoms with Crippen molar-refractivity contribution in [2.45, 2.75) is 0 Å². The van der Waals surface area contributed by atoms with Gasteiger partial charge in [0.25, 0.3) is 15.9 Å². The molecule has 0 saturated carbocycles. The number of fused-ring (bicyclic) bond motifs is 1.